The smallest absolute Gasteiger partial charge is 0.251 e. The van der Waals surface area contributed by atoms with Gasteiger partial charge in [0.1, 0.15) is 5.82 Å². The van der Waals surface area contributed by atoms with E-state index < -0.39 is 11.7 Å². The summed E-state index contributed by atoms with van der Waals surface area (Å²) in [4.78, 5) is 24.1. The summed E-state index contributed by atoms with van der Waals surface area (Å²) in [6, 6.07) is 19.1. The van der Waals surface area contributed by atoms with Crippen molar-refractivity contribution < 1.29 is 19.2 Å². The Morgan fingerprint density at radius 3 is 2.56 bits per heavy atom. The predicted octanol–water partition coefficient (Wildman–Crippen LogP) is 3.22. The monoisotopic (exact) mass is 461 g/mol. The fourth-order valence-electron chi connectivity index (χ4n) is 3.77. The third-order valence-corrected chi connectivity index (χ3v) is 5.54. The zero-order valence-electron chi connectivity index (χ0n) is 18.3. The Kier molecular flexibility index (Phi) is 7.24. The Bertz CT molecular complexity index is 1290. The van der Waals surface area contributed by atoms with E-state index >= 15 is 0 Å². The third kappa shape index (κ3) is 5.81. The number of halogens is 1. The lowest BCUT2D eigenvalue weighted by Crippen LogP contribution is -2.26. The highest BCUT2D eigenvalue weighted by atomic mass is 19.1. The Hall–Kier alpha value is -4.11. The molecular formula is C25H24FN5O3. The van der Waals surface area contributed by atoms with Gasteiger partial charge in [0.15, 0.2) is 0 Å². The van der Waals surface area contributed by atoms with Crippen LogP contribution in [0.15, 0.2) is 72.9 Å². The van der Waals surface area contributed by atoms with E-state index in [9.17, 15) is 14.0 Å². The topological polar surface area (TPSA) is 109 Å². The number of fused-ring (bicyclic) bond motifs is 1. The van der Waals surface area contributed by atoms with Crippen LogP contribution in [-0.2, 0) is 17.6 Å². The maximum atomic E-state index is 13.0. The fourth-order valence-corrected chi connectivity index (χ4v) is 3.77. The number of benzene rings is 3. The lowest BCUT2D eigenvalue weighted by Gasteiger charge is -2.16. The maximum absolute atomic E-state index is 13.0. The number of carbonyl (C=O) groups excluding carboxylic acids is 2. The van der Waals surface area contributed by atoms with E-state index in [1.165, 1.54) is 24.3 Å². The van der Waals surface area contributed by atoms with Crippen LogP contribution in [0.25, 0.3) is 10.8 Å². The van der Waals surface area contributed by atoms with Gasteiger partial charge in [-0.3, -0.25) is 14.8 Å². The molecule has 0 saturated heterocycles. The number of carbonyl (C=O) groups is 2. The van der Waals surface area contributed by atoms with Crippen molar-refractivity contribution in [1.29, 1.82) is 0 Å². The van der Waals surface area contributed by atoms with Crippen molar-refractivity contribution >= 4 is 22.6 Å². The molecule has 3 N–H and O–H groups in total. The van der Waals surface area contributed by atoms with Crippen LogP contribution in [0.5, 0.6) is 0 Å². The molecule has 1 heterocycles. The molecule has 3 aromatic carbocycles. The molecule has 4 aromatic rings. The number of hydrogen-bond acceptors (Lipinski definition) is 5. The normalized spacial score (nSPS) is 11.8. The SMILES string of the molecule is O=C(C[C@@H](Cc1ccc2ccccc2c1)n1cc(CCNC(=O)c2ccc(F)cc2)nn1)NO. The van der Waals surface area contributed by atoms with Gasteiger partial charge in [0.25, 0.3) is 5.91 Å². The summed E-state index contributed by atoms with van der Waals surface area (Å²) >= 11 is 0. The summed E-state index contributed by atoms with van der Waals surface area (Å²) in [5.41, 5.74) is 3.72. The largest absolute Gasteiger partial charge is 0.352 e. The molecule has 0 aliphatic heterocycles. The van der Waals surface area contributed by atoms with Crippen LogP contribution in [-0.4, -0.2) is 38.6 Å². The Morgan fingerprint density at radius 2 is 1.79 bits per heavy atom. The molecule has 1 aromatic heterocycles. The van der Waals surface area contributed by atoms with Gasteiger partial charge in [-0.05, 0) is 47.0 Å². The molecule has 0 aliphatic carbocycles. The van der Waals surface area contributed by atoms with Gasteiger partial charge in [-0.2, -0.15) is 0 Å². The quantitative estimate of drug-likeness (QED) is 0.262. The Balaban J connectivity index is 1.41. The zero-order valence-corrected chi connectivity index (χ0v) is 18.3. The van der Waals surface area contributed by atoms with Crippen molar-refractivity contribution in [1.82, 2.24) is 25.8 Å². The van der Waals surface area contributed by atoms with Gasteiger partial charge in [0.05, 0.1) is 18.2 Å². The van der Waals surface area contributed by atoms with Crippen LogP contribution in [0.4, 0.5) is 4.39 Å². The summed E-state index contributed by atoms with van der Waals surface area (Å²) in [7, 11) is 0. The molecule has 0 aliphatic rings. The lowest BCUT2D eigenvalue weighted by molar-refractivity contribution is -0.130. The summed E-state index contributed by atoms with van der Waals surface area (Å²) in [6.45, 7) is 0.321. The number of nitrogens with one attached hydrogen (secondary N) is 2. The predicted molar refractivity (Wildman–Crippen MR) is 124 cm³/mol. The van der Waals surface area contributed by atoms with Crippen LogP contribution in [0.2, 0.25) is 0 Å². The van der Waals surface area contributed by atoms with Gasteiger partial charge < -0.3 is 5.32 Å². The molecule has 174 valence electrons. The van der Waals surface area contributed by atoms with Gasteiger partial charge >= 0.3 is 0 Å². The summed E-state index contributed by atoms with van der Waals surface area (Å²) in [5.74, 6) is -1.23. The van der Waals surface area contributed by atoms with E-state index in [1.807, 2.05) is 36.4 Å². The molecule has 2 amide bonds. The number of amides is 2. The standard InChI is InChI=1S/C25H24FN5O3/c26-21-9-7-19(8-10-21)25(33)27-12-11-22-16-31(30-28-22)23(15-24(32)29-34)14-17-5-6-18-3-1-2-4-20(18)13-17/h1-10,13,16,23,34H,11-12,14-15H2,(H,27,33)(H,29,32)/t23-/m1/s1. The van der Waals surface area contributed by atoms with E-state index in [2.05, 4.69) is 21.7 Å². The zero-order chi connectivity index (χ0) is 23.9. The van der Waals surface area contributed by atoms with Gasteiger partial charge in [-0.25, -0.2) is 14.6 Å². The van der Waals surface area contributed by atoms with E-state index in [-0.39, 0.29) is 18.4 Å². The van der Waals surface area contributed by atoms with E-state index in [0.717, 1.165) is 16.3 Å². The minimum absolute atomic E-state index is 0.0213. The van der Waals surface area contributed by atoms with Crippen molar-refractivity contribution in [3.8, 4) is 0 Å². The Morgan fingerprint density at radius 1 is 1.03 bits per heavy atom. The average molecular weight is 461 g/mol. The first-order chi connectivity index (χ1) is 16.5. The molecule has 0 spiro atoms. The van der Waals surface area contributed by atoms with Crippen LogP contribution < -0.4 is 10.8 Å². The highest BCUT2D eigenvalue weighted by molar-refractivity contribution is 5.94. The van der Waals surface area contributed by atoms with Crippen molar-refractivity contribution in [3.63, 3.8) is 0 Å². The molecule has 0 saturated carbocycles. The molecule has 1 atom stereocenters. The third-order valence-electron chi connectivity index (χ3n) is 5.54. The number of hydrogen-bond donors (Lipinski definition) is 3. The first-order valence-electron chi connectivity index (χ1n) is 10.9. The minimum Gasteiger partial charge on any atom is -0.352 e. The first kappa shape index (κ1) is 23.1. The number of rotatable bonds is 9. The van der Waals surface area contributed by atoms with Crippen molar-refractivity contribution in [3.05, 3.63) is 95.6 Å². The molecule has 0 fully saturated rings. The fraction of sp³-hybridized carbons (Fsp3) is 0.200. The van der Waals surface area contributed by atoms with Gasteiger partial charge in [-0.15, -0.1) is 5.10 Å². The highest BCUT2D eigenvalue weighted by Crippen LogP contribution is 2.22. The molecule has 9 heteroatoms. The second-order valence-electron chi connectivity index (χ2n) is 7.98. The molecule has 0 radical (unpaired) electrons. The summed E-state index contributed by atoms with van der Waals surface area (Å²) < 4.78 is 14.6. The summed E-state index contributed by atoms with van der Waals surface area (Å²) in [5, 5.41) is 22.3. The van der Waals surface area contributed by atoms with Crippen LogP contribution in [0, 0.1) is 5.82 Å². The first-order valence-corrected chi connectivity index (χ1v) is 10.9. The van der Waals surface area contributed by atoms with Crippen molar-refractivity contribution in [2.75, 3.05) is 6.54 Å². The number of nitrogens with zero attached hydrogens (tertiary/aromatic N) is 3. The van der Waals surface area contributed by atoms with Crippen LogP contribution >= 0.6 is 0 Å². The minimum atomic E-state index is -0.519. The summed E-state index contributed by atoms with van der Waals surface area (Å²) in [6.07, 6.45) is 2.71. The van der Waals surface area contributed by atoms with Gasteiger partial charge in [-0.1, -0.05) is 47.7 Å². The van der Waals surface area contributed by atoms with Crippen molar-refractivity contribution in [2.45, 2.75) is 25.3 Å². The van der Waals surface area contributed by atoms with E-state index in [4.69, 9.17) is 5.21 Å². The number of aromatic nitrogens is 3. The van der Waals surface area contributed by atoms with E-state index in [1.54, 1.807) is 16.4 Å². The second-order valence-corrected chi connectivity index (χ2v) is 7.98. The highest BCUT2D eigenvalue weighted by Gasteiger charge is 2.19. The van der Waals surface area contributed by atoms with Crippen molar-refractivity contribution in [2.24, 2.45) is 0 Å². The molecule has 8 nitrogen and oxygen atoms in total. The van der Waals surface area contributed by atoms with Gasteiger partial charge in [0, 0.05) is 24.7 Å². The molecule has 4 rings (SSSR count). The maximum Gasteiger partial charge on any atom is 0.251 e. The molecule has 0 bridgehead atoms. The lowest BCUT2D eigenvalue weighted by atomic mass is 10.00. The molecule has 34 heavy (non-hydrogen) atoms. The van der Waals surface area contributed by atoms with E-state index in [0.29, 0.717) is 30.6 Å². The molecular weight excluding hydrogens is 437 g/mol. The van der Waals surface area contributed by atoms with Crippen LogP contribution in [0.3, 0.4) is 0 Å². The van der Waals surface area contributed by atoms with Gasteiger partial charge in [0.2, 0.25) is 5.91 Å². The number of hydroxylamine groups is 1. The second kappa shape index (κ2) is 10.7. The molecule has 0 unspecified atom stereocenters. The van der Waals surface area contributed by atoms with Crippen LogP contribution in [0.1, 0.15) is 34.1 Å². The Labute approximate surface area is 195 Å². The average Bonchev–Trinajstić information content (AvgIpc) is 3.32.